The third-order valence-electron chi connectivity index (χ3n) is 3.43. The summed E-state index contributed by atoms with van der Waals surface area (Å²) in [7, 11) is 4.07. The van der Waals surface area contributed by atoms with E-state index in [4.69, 9.17) is 5.73 Å². The molecule has 3 rings (SSSR count). The highest BCUT2D eigenvalue weighted by molar-refractivity contribution is 6.01. The number of fused-ring (bicyclic) bond motifs is 1. The number of hydrogen-bond acceptors (Lipinski definition) is 3. The molecule has 100 valence electrons. The van der Waals surface area contributed by atoms with Crippen molar-refractivity contribution in [2.45, 2.75) is 0 Å². The standard InChI is InChI=1S/C17H17N3/c1-20(2)16-10-6-9-13-14(16)11-15(19-17(13)18)12-7-4-3-5-8-12/h3-11H,1-2H3,(H2,18,19). The van der Waals surface area contributed by atoms with Gasteiger partial charge in [0.1, 0.15) is 5.82 Å². The molecular weight excluding hydrogens is 246 g/mol. The Morgan fingerprint density at radius 2 is 1.65 bits per heavy atom. The third kappa shape index (κ3) is 2.07. The third-order valence-corrected chi connectivity index (χ3v) is 3.43. The lowest BCUT2D eigenvalue weighted by Crippen LogP contribution is -2.09. The second-order valence-corrected chi connectivity index (χ2v) is 5.03. The highest BCUT2D eigenvalue weighted by Crippen LogP contribution is 2.32. The molecule has 1 heterocycles. The van der Waals surface area contributed by atoms with Crippen molar-refractivity contribution >= 4 is 22.3 Å². The summed E-state index contributed by atoms with van der Waals surface area (Å²) in [4.78, 5) is 6.63. The molecule has 3 aromatic rings. The fraction of sp³-hybridized carbons (Fsp3) is 0.118. The maximum Gasteiger partial charge on any atom is 0.132 e. The first-order valence-corrected chi connectivity index (χ1v) is 6.59. The Kier molecular flexibility index (Phi) is 3.03. The molecule has 0 radical (unpaired) electrons. The molecule has 0 bridgehead atoms. The minimum Gasteiger partial charge on any atom is -0.383 e. The van der Waals surface area contributed by atoms with Gasteiger partial charge in [-0.05, 0) is 12.1 Å². The second-order valence-electron chi connectivity index (χ2n) is 5.03. The second kappa shape index (κ2) is 4.85. The van der Waals surface area contributed by atoms with Gasteiger partial charge in [0, 0.05) is 36.1 Å². The van der Waals surface area contributed by atoms with E-state index in [1.165, 1.54) is 0 Å². The molecule has 2 N–H and O–H groups in total. The molecule has 0 amide bonds. The molecule has 0 unspecified atom stereocenters. The van der Waals surface area contributed by atoms with Crippen molar-refractivity contribution in [1.82, 2.24) is 4.98 Å². The van der Waals surface area contributed by atoms with Crippen molar-refractivity contribution < 1.29 is 0 Å². The maximum atomic E-state index is 6.13. The number of aromatic nitrogens is 1. The Hall–Kier alpha value is -2.55. The molecule has 0 aliphatic heterocycles. The molecule has 0 spiro atoms. The Bertz CT molecular complexity index is 749. The Balaban J connectivity index is 2.30. The van der Waals surface area contributed by atoms with Gasteiger partial charge in [-0.1, -0.05) is 42.5 Å². The van der Waals surface area contributed by atoms with Gasteiger partial charge < -0.3 is 10.6 Å². The van der Waals surface area contributed by atoms with Crippen LogP contribution >= 0.6 is 0 Å². The van der Waals surface area contributed by atoms with Gasteiger partial charge in [0.25, 0.3) is 0 Å². The first-order chi connectivity index (χ1) is 9.66. The van der Waals surface area contributed by atoms with Gasteiger partial charge in [0.15, 0.2) is 0 Å². The summed E-state index contributed by atoms with van der Waals surface area (Å²) < 4.78 is 0. The van der Waals surface area contributed by atoms with E-state index in [0.717, 1.165) is 27.7 Å². The van der Waals surface area contributed by atoms with E-state index in [-0.39, 0.29) is 0 Å². The average Bonchev–Trinajstić information content (AvgIpc) is 2.47. The molecule has 0 fully saturated rings. The SMILES string of the molecule is CN(C)c1cccc2c(N)nc(-c3ccccc3)cc12. The highest BCUT2D eigenvalue weighted by Gasteiger charge is 2.09. The van der Waals surface area contributed by atoms with Crippen LogP contribution in [0.15, 0.2) is 54.6 Å². The van der Waals surface area contributed by atoms with Crippen molar-refractivity contribution in [3.05, 3.63) is 54.6 Å². The van der Waals surface area contributed by atoms with Crippen molar-refractivity contribution in [2.24, 2.45) is 0 Å². The number of benzene rings is 2. The molecule has 2 aromatic carbocycles. The minimum absolute atomic E-state index is 0.574. The summed E-state index contributed by atoms with van der Waals surface area (Å²) in [6.07, 6.45) is 0. The zero-order valence-corrected chi connectivity index (χ0v) is 11.7. The number of nitrogens with two attached hydrogens (primary N) is 1. The molecule has 20 heavy (non-hydrogen) atoms. The Labute approximate surface area is 118 Å². The number of hydrogen-bond donors (Lipinski definition) is 1. The van der Waals surface area contributed by atoms with Crippen LogP contribution in [0.2, 0.25) is 0 Å². The summed E-state index contributed by atoms with van der Waals surface area (Å²) in [5.74, 6) is 0.574. The van der Waals surface area contributed by atoms with Crippen molar-refractivity contribution in [3.8, 4) is 11.3 Å². The maximum absolute atomic E-state index is 6.13. The molecule has 0 atom stereocenters. The van der Waals surface area contributed by atoms with E-state index >= 15 is 0 Å². The molecule has 3 nitrogen and oxygen atoms in total. The van der Waals surface area contributed by atoms with E-state index < -0.39 is 0 Å². The smallest absolute Gasteiger partial charge is 0.132 e. The predicted molar refractivity (Wildman–Crippen MR) is 85.9 cm³/mol. The van der Waals surface area contributed by atoms with Crippen LogP contribution in [0.25, 0.3) is 22.0 Å². The van der Waals surface area contributed by atoms with E-state index in [0.29, 0.717) is 5.82 Å². The summed E-state index contributed by atoms with van der Waals surface area (Å²) in [6, 6.07) is 18.3. The van der Waals surface area contributed by atoms with Gasteiger partial charge in [-0.3, -0.25) is 0 Å². The van der Waals surface area contributed by atoms with E-state index in [2.05, 4.69) is 22.0 Å². The summed E-state index contributed by atoms with van der Waals surface area (Å²) in [5, 5.41) is 2.12. The van der Waals surface area contributed by atoms with Crippen LogP contribution in [0.3, 0.4) is 0 Å². The monoisotopic (exact) mass is 263 g/mol. The zero-order valence-electron chi connectivity index (χ0n) is 11.7. The predicted octanol–water partition coefficient (Wildman–Crippen LogP) is 3.55. The highest BCUT2D eigenvalue weighted by atomic mass is 15.1. The summed E-state index contributed by atoms with van der Waals surface area (Å²) in [6.45, 7) is 0. The van der Waals surface area contributed by atoms with Gasteiger partial charge in [0.2, 0.25) is 0 Å². The molecule has 0 aliphatic rings. The van der Waals surface area contributed by atoms with Crippen molar-refractivity contribution in [2.75, 3.05) is 24.7 Å². The Morgan fingerprint density at radius 1 is 0.900 bits per heavy atom. The van der Waals surface area contributed by atoms with Gasteiger partial charge in [0.05, 0.1) is 5.69 Å². The molecule has 0 aliphatic carbocycles. The zero-order chi connectivity index (χ0) is 14.1. The molecule has 0 saturated heterocycles. The number of pyridine rings is 1. The van der Waals surface area contributed by atoms with Gasteiger partial charge in [-0.25, -0.2) is 4.98 Å². The van der Waals surface area contributed by atoms with Crippen LogP contribution in [-0.4, -0.2) is 19.1 Å². The number of nitrogens with zero attached hydrogens (tertiary/aromatic N) is 2. The first kappa shape index (κ1) is 12.5. The molecule has 1 aromatic heterocycles. The topological polar surface area (TPSA) is 42.1 Å². The minimum atomic E-state index is 0.574. The van der Waals surface area contributed by atoms with Crippen LogP contribution in [-0.2, 0) is 0 Å². The summed E-state index contributed by atoms with van der Waals surface area (Å²) in [5.41, 5.74) is 9.27. The number of anilines is 2. The molecular formula is C17H17N3. The van der Waals surface area contributed by atoms with E-state index in [1.807, 2.05) is 56.6 Å². The summed E-state index contributed by atoms with van der Waals surface area (Å²) >= 11 is 0. The normalized spacial score (nSPS) is 10.7. The first-order valence-electron chi connectivity index (χ1n) is 6.59. The molecule has 3 heteroatoms. The van der Waals surface area contributed by atoms with Crippen molar-refractivity contribution in [1.29, 1.82) is 0 Å². The van der Waals surface area contributed by atoms with Crippen molar-refractivity contribution in [3.63, 3.8) is 0 Å². The van der Waals surface area contributed by atoms with E-state index in [1.54, 1.807) is 0 Å². The lowest BCUT2D eigenvalue weighted by Gasteiger charge is -2.16. The van der Waals surface area contributed by atoms with Gasteiger partial charge >= 0.3 is 0 Å². The van der Waals surface area contributed by atoms with Gasteiger partial charge in [-0.15, -0.1) is 0 Å². The van der Waals surface area contributed by atoms with Gasteiger partial charge in [-0.2, -0.15) is 0 Å². The Morgan fingerprint density at radius 3 is 2.35 bits per heavy atom. The van der Waals surface area contributed by atoms with Crippen LogP contribution < -0.4 is 10.6 Å². The lowest BCUT2D eigenvalue weighted by atomic mass is 10.0. The fourth-order valence-corrected chi connectivity index (χ4v) is 2.43. The average molecular weight is 263 g/mol. The van der Waals surface area contributed by atoms with Crippen LogP contribution in [0, 0.1) is 0 Å². The lowest BCUT2D eigenvalue weighted by molar-refractivity contribution is 1.14. The van der Waals surface area contributed by atoms with Crippen LogP contribution in [0.1, 0.15) is 0 Å². The number of nitrogen functional groups attached to an aromatic ring is 1. The quantitative estimate of drug-likeness (QED) is 0.768. The van der Waals surface area contributed by atoms with Crippen LogP contribution in [0.4, 0.5) is 11.5 Å². The largest absolute Gasteiger partial charge is 0.383 e. The molecule has 0 saturated carbocycles. The van der Waals surface area contributed by atoms with Crippen LogP contribution in [0.5, 0.6) is 0 Å². The van der Waals surface area contributed by atoms with E-state index in [9.17, 15) is 0 Å². The number of rotatable bonds is 2. The fourth-order valence-electron chi connectivity index (χ4n) is 2.43.